The van der Waals surface area contributed by atoms with Gasteiger partial charge in [-0.25, -0.2) is 0 Å². The van der Waals surface area contributed by atoms with Crippen molar-refractivity contribution in [3.8, 4) is 22.3 Å². The minimum Gasteiger partial charge on any atom is -0.311 e. The maximum Gasteiger partial charge on any atom is 0.0720 e. The molecular formula is C56H41N. The van der Waals surface area contributed by atoms with Crippen LogP contribution in [0.5, 0.6) is 0 Å². The molecule has 3 atom stereocenters. The summed E-state index contributed by atoms with van der Waals surface area (Å²) >= 11 is 0. The third-order valence-corrected chi connectivity index (χ3v) is 13.6. The molecule has 0 radical (unpaired) electrons. The van der Waals surface area contributed by atoms with Crippen LogP contribution in [0.1, 0.15) is 63.3 Å². The molecule has 0 bridgehead atoms. The quantitative estimate of drug-likeness (QED) is 0.174. The van der Waals surface area contributed by atoms with Crippen LogP contribution < -0.4 is 4.90 Å². The first-order valence-electron chi connectivity index (χ1n) is 20.5. The monoisotopic (exact) mass is 727 g/mol. The van der Waals surface area contributed by atoms with E-state index in [9.17, 15) is 0 Å². The Morgan fingerprint density at radius 3 is 1.82 bits per heavy atom. The fraction of sp³-hybridized carbons (Fsp3) is 0.107. The minimum absolute atomic E-state index is 0.184. The number of anilines is 2. The van der Waals surface area contributed by atoms with Crippen molar-refractivity contribution < 1.29 is 0 Å². The molecule has 0 fully saturated rings. The lowest BCUT2D eigenvalue weighted by atomic mass is 9.50. The zero-order chi connectivity index (χ0) is 37.6. The largest absolute Gasteiger partial charge is 0.311 e. The van der Waals surface area contributed by atoms with E-state index < -0.39 is 10.8 Å². The molecule has 0 heterocycles. The topological polar surface area (TPSA) is 3.24 Å². The fourth-order valence-corrected chi connectivity index (χ4v) is 11.6. The number of hydrogen-bond donors (Lipinski definition) is 0. The number of allylic oxidation sites excluding steroid dienone is 7. The van der Waals surface area contributed by atoms with Crippen LogP contribution in [0, 0.1) is 5.92 Å². The molecule has 0 saturated carbocycles. The summed E-state index contributed by atoms with van der Waals surface area (Å²) in [6, 6.07) is 64.5. The zero-order valence-corrected chi connectivity index (χ0v) is 31.7. The molecule has 5 aliphatic rings. The van der Waals surface area contributed by atoms with E-state index in [2.05, 4.69) is 217 Å². The van der Waals surface area contributed by atoms with Crippen LogP contribution in [0.3, 0.4) is 0 Å². The van der Waals surface area contributed by atoms with E-state index in [0.717, 1.165) is 18.5 Å². The first-order chi connectivity index (χ1) is 28.3. The van der Waals surface area contributed by atoms with Crippen molar-refractivity contribution >= 4 is 11.4 Å². The highest BCUT2D eigenvalue weighted by atomic mass is 15.2. The fourth-order valence-electron chi connectivity index (χ4n) is 11.6. The Labute approximate surface area is 335 Å². The van der Waals surface area contributed by atoms with Crippen molar-refractivity contribution in [1.29, 1.82) is 0 Å². The summed E-state index contributed by atoms with van der Waals surface area (Å²) in [5.41, 5.74) is 18.9. The lowest BCUT2D eigenvalue weighted by molar-refractivity contribution is 0.432. The van der Waals surface area contributed by atoms with Crippen LogP contribution in [0.15, 0.2) is 218 Å². The lowest BCUT2D eigenvalue weighted by Crippen LogP contribution is -2.47. The van der Waals surface area contributed by atoms with Gasteiger partial charge in [0.2, 0.25) is 0 Å². The molecule has 0 amide bonds. The molecule has 0 N–H and O–H groups in total. The summed E-state index contributed by atoms with van der Waals surface area (Å²) in [7, 11) is 0. The third kappa shape index (κ3) is 4.29. The highest BCUT2D eigenvalue weighted by Crippen LogP contribution is 2.70. The Balaban J connectivity index is 1.24. The van der Waals surface area contributed by atoms with Gasteiger partial charge in [-0.3, -0.25) is 0 Å². The van der Waals surface area contributed by atoms with Gasteiger partial charge in [-0.05, 0) is 104 Å². The predicted molar refractivity (Wildman–Crippen MR) is 235 cm³/mol. The van der Waals surface area contributed by atoms with Gasteiger partial charge < -0.3 is 4.90 Å². The second-order valence-corrected chi connectivity index (χ2v) is 16.2. The van der Waals surface area contributed by atoms with Gasteiger partial charge in [0.1, 0.15) is 0 Å². The van der Waals surface area contributed by atoms with E-state index in [1.165, 1.54) is 78.1 Å². The molecule has 12 rings (SSSR count). The van der Waals surface area contributed by atoms with Gasteiger partial charge in [-0.1, -0.05) is 188 Å². The molecule has 57 heavy (non-hydrogen) atoms. The highest BCUT2D eigenvalue weighted by molar-refractivity contribution is 5.92. The van der Waals surface area contributed by atoms with Gasteiger partial charge in [0, 0.05) is 23.2 Å². The molecule has 270 valence electrons. The van der Waals surface area contributed by atoms with Crippen LogP contribution in [-0.4, -0.2) is 0 Å². The minimum atomic E-state index is -0.513. The predicted octanol–water partition coefficient (Wildman–Crippen LogP) is 13.6. The number of fused-ring (bicyclic) bond motifs is 16. The average molecular weight is 728 g/mol. The van der Waals surface area contributed by atoms with Crippen LogP contribution in [-0.2, 0) is 10.8 Å². The smallest absolute Gasteiger partial charge is 0.0720 e. The molecule has 2 spiro atoms. The van der Waals surface area contributed by atoms with Crippen molar-refractivity contribution in [2.24, 2.45) is 5.92 Å². The van der Waals surface area contributed by atoms with E-state index in [0.29, 0.717) is 0 Å². The number of nitrogens with zero attached hydrogens (tertiary/aromatic N) is 1. The molecule has 1 heteroatoms. The first-order valence-corrected chi connectivity index (χ1v) is 20.5. The standard InChI is InChI=1S/C56H41N/c1-3-18-38(19-4-1)39-34-36-41(37-35-39)57(40-20-5-2-6-21-40)53-33-17-32-52-54(53)56(48-28-13-9-24-44(48)45-25-10-14-29-49(45)56)51-31-16-15-30-50(51)55(52)46-26-11-7-22-42(46)43-23-8-12-27-47(43)55/h1,3-5,7-37,44,48H,2,6H2. The zero-order valence-electron chi connectivity index (χ0n) is 31.7. The van der Waals surface area contributed by atoms with E-state index in [1.807, 2.05) is 0 Å². The Hall–Kier alpha value is -6.70. The first kappa shape index (κ1) is 32.5. The third-order valence-electron chi connectivity index (χ3n) is 13.6. The molecule has 7 aromatic rings. The summed E-state index contributed by atoms with van der Waals surface area (Å²) < 4.78 is 0. The Morgan fingerprint density at radius 1 is 0.474 bits per heavy atom. The van der Waals surface area contributed by atoms with Gasteiger partial charge >= 0.3 is 0 Å². The summed E-state index contributed by atoms with van der Waals surface area (Å²) in [5, 5.41) is 0. The average Bonchev–Trinajstić information content (AvgIpc) is 3.75. The molecule has 0 aromatic heterocycles. The summed E-state index contributed by atoms with van der Waals surface area (Å²) in [4.78, 5) is 2.58. The second-order valence-electron chi connectivity index (χ2n) is 16.2. The molecule has 5 aliphatic carbocycles. The molecular weight excluding hydrogens is 687 g/mol. The van der Waals surface area contributed by atoms with Crippen molar-refractivity contribution in [1.82, 2.24) is 0 Å². The lowest BCUT2D eigenvalue weighted by Gasteiger charge is -2.52. The Morgan fingerprint density at radius 2 is 1.09 bits per heavy atom. The van der Waals surface area contributed by atoms with Crippen molar-refractivity contribution in [2.75, 3.05) is 4.90 Å². The molecule has 7 aromatic carbocycles. The number of benzene rings is 7. The maximum absolute atomic E-state index is 2.58. The molecule has 1 nitrogen and oxygen atoms in total. The van der Waals surface area contributed by atoms with Gasteiger partial charge in [0.25, 0.3) is 0 Å². The van der Waals surface area contributed by atoms with Crippen molar-refractivity contribution in [3.05, 3.63) is 263 Å². The van der Waals surface area contributed by atoms with E-state index >= 15 is 0 Å². The number of rotatable bonds is 4. The SMILES string of the molecule is C1=CC2c3ccccc3C3(c4ccccc4C4(c5ccccc5-c5ccccc54)c4cccc(N(C5=CCCC=C5)c5ccc(-c6ccccc6)cc5)c43)C2C=C1. The maximum atomic E-state index is 2.58. The van der Waals surface area contributed by atoms with Gasteiger partial charge in [-0.2, -0.15) is 0 Å². The van der Waals surface area contributed by atoms with Gasteiger partial charge in [0.15, 0.2) is 0 Å². The van der Waals surface area contributed by atoms with E-state index in [1.54, 1.807) is 0 Å². The molecule has 0 aliphatic heterocycles. The Kier molecular flexibility index (Phi) is 7.08. The van der Waals surface area contributed by atoms with Crippen LogP contribution in [0.2, 0.25) is 0 Å². The van der Waals surface area contributed by atoms with Gasteiger partial charge in [0.05, 0.1) is 16.5 Å². The van der Waals surface area contributed by atoms with Crippen molar-refractivity contribution in [3.63, 3.8) is 0 Å². The summed E-state index contributed by atoms with van der Waals surface area (Å²) in [5.74, 6) is 0.438. The summed E-state index contributed by atoms with van der Waals surface area (Å²) in [6.45, 7) is 0. The van der Waals surface area contributed by atoms with E-state index in [-0.39, 0.29) is 11.8 Å². The second kappa shape index (κ2) is 12.4. The molecule has 3 unspecified atom stereocenters. The van der Waals surface area contributed by atoms with Crippen LogP contribution in [0.4, 0.5) is 11.4 Å². The number of hydrogen-bond acceptors (Lipinski definition) is 1. The van der Waals surface area contributed by atoms with Gasteiger partial charge in [-0.15, -0.1) is 0 Å². The summed E-state index contributed by atoms with van der Waals surface area (Å²) in [6.07, 6.45) is 18.8. The Bertz CT molecular complexity index is 2820. The van der Waals surface area contributed by atoms with Crippen molar-refractivity contribution in [2.45, 2.75) is 29.6 Å². The highest BCUT2D eigenvalue weighted by Gasteiger charge is 2.62. The van der Waals surface area contributed by atoms with Crippen LogP contribution in [0.25, 0.3) is 22.3 Å². The normalized spacial score (nSPS) is 20.9. The molecule has 0 saturated heterocycles. The van der Waals surface area contributed by atoms with E-state index in [4.69, 9.17) is 0 Å². The van der Waals surface area contributed by atoms with Crippen LogP contribution >= 0.6 is 0 Å².